The highest BCUT2D eigenvalue weighted by molar-refractivity contribution is 5.77. The first kappa shape index (κ1) is 12.5. The van der Waals surface area contributed by atoms with Crippen molar-refractivity contribution in [1.82, 2.24) is 5.32 Å². The molecule has 88 valence electrons. The van der Waals surface area contributed by atoms with Crippen molar-refractivity contribution < 1.29 is 9.53 Å². The molecule has 0 spiro atoms. The van der Waals surface area contributed by atoms with Crippen LogP contribution in [0, 0.1) is 0 Å². The van der Waals surface area contributed by atoms with Crippen molar-refractivity contribution in [3.8, 4) is 0 Å². The third-order valence-corrected chi connectivity index (χ3v) is 2.71. The van der Waals surface area contributed by atoms with Crippen molar-refractivity contribution in [2.75, 3.05) is 6.61 Å². The second-order valence-corrected chi connectivity index (χ2v) is 4.48. The summed E-state index contributed by atoms with van der Waals surface area (Å²) in [7, 11) is 0. The number of nitrogens with one attached hydrogen (secondary N) is 1. The highest BCUT2D eigenvalue weighted by Gasteiger charge is 2.23. The Hall–Kier alpha value is -0.610. The molecular weight excluding hydrogens is 192 g/mol. The van der Waals surface area contributed by atoms with Gasteiger partial charge in [0.15, 0.2) is 0 Å². The number of hydrogen-bond donors (Lipinski definition) is 2. The van der Waals surface area contributed by atoms with Gasteiger partial charge in [-0.1, -0.05) is 12.8 Å². The molecule has 15 heavy (non-hydrogen) atoms. The predicted octanol–water partition coefficient (Wildman–Crippen LogP) is 0.797. The van der Waals surface area contributed by atoms with Gasteiger partial charge in [0.25, 0.3) is 0 Å². The molecule has 0 heterocycles. The molecule has 1 fully saturated rings. The number of amides is 1. The first-order valence-electron chi connectivity index (χ1n) is 5.76. The van der Waals surface area contributed by atoms with Crippen LogP contribution >= 0.6 is 0 Å². The summed E-state index contributed by atoms with van der Waals surface area (Å²) < 4.78 is 5.23. The molecule has 1 aliphatic carbocycles. The molecule has 0 bridgehead atoms. The molecule has 0 aromatic rings. The summed E-state index contributed by atoms with van der Waals surface area (Å²) in [6.45, 7) is 3.97. The summed E-state index contributed by atoms with van der Waals surface area (Å²) in [5.74, 6) is -0.0500. The van der Waals surface area contributed by atoms with Crippen LogP contribution in [-0.4, -0.2) is 30.7 Å². The van der Waals surface area contributed by atoms with Gasteiger partial charge in [-0.25, -0.2) is 0 Å². The Kier molecular flexibility index (Phi) is 5.05. The minimum atomic E-state index is -0.0500. The molecule has 0 aromatic carbocycles. The van der Waals surface area contributed by atoms with Crippen LogP contribution in [-0.2, 0) is 9.53 Å². The van der Waals surface area contributed by atoms with Crippen LogP contribution in [0.5, 0.6) is 0 Å². The van der Waals surface area contributed by atoms with Crippen LogP contribution in [0.4, 0.5) is 0 Å². The lowest BCUT2D eigenvalue weighted by atomic mass is 9.91. The van der Waals surface area contributed by atoms with Crippen LogP contribution in [0.25, 0.3) is 0 Å². The number of nitrogens with two attached hydrogens (primary N) is 1. The van der Waals surface area contributed by atoms with Crippen molar-refractivity contribution in [3.63, 3.8) is 0 Å². The quantitative estimate of drug-likeness (QED) is 0.727. The van der Waals surface area contributed by atoms with E-state index >= 15 is 0 Å². The fourth-order valence-electron chi connectivity index (χ4n) is 1.83. The van der Waals surface area contributed by atoms with Crippen molar-refractivity contribution in [2.45, 2.75) is 57.7 Å². The molecule has 0 aromatic heterocycles. The summed E-state index contributed by atoms with van der Waals surface area (Å²) in [6.07, 6.45) is 4.43. The number of carbonyl (C=O) groups is 1. The standard InChI is InChI=1S/C11H22N2O2/c1-8(2)15-7-11(14)13-10-6-4-3-5-9(10)12/h8-10H,3-7,12H2,1-2H3,(H,13,14)/t9-,10-/m1/s1. The lowest BCUT2D eigenvalue weighted by Gasteiger charge is -2.29. The molecule has 1 aliphatic rings. The molecule has 1 saturated carbocycles. The molecule has 0 unspecified atom stereocenters. The van der Waals surface area contributed by atoms with E-state index in [-0.39, 0.29) is 30.7 Å². The SMILES string of the molecule is CC(C)OCC(=O)N[C@@H]1CCCC[C@H]1N. The number of rotatable bonds is 4. The van der Waals surface area contributed by atoms with Crippen molar-refractivity contribution >= 4 is 5.91 Å². The van der Waals surface area contributed by atoms with Gasteiger partial charge < -0.3 is 15.8 Å². The van der Waals surface area contributed by atoms with E-state index in [9.17, 15) is 4.79 Å². The van der Waals surface area contributed by atoms with E-state index in [2.05, 4.69) is 5.32 Å². The summed E-state index contributed by atoms with van der Waals surface area (Å²) in [5.41, 5.74) is 5.93. The van der Waals surface area contributed by atoms with Crippen LogP contribution in [0.15, 0.2) is 0 Å². The van der Waals surface area contributed by atoms with Crippen molar-refractivity contribution in [1.29, 1.82) is 0 Å². The maximum Gasteiger partial charge on any atom is 0.246 e. The first-order chi connectivity index (χ1) is 7.09. The predicted molar refractivity (Wildman–Crippen MR) is 59.5 cm³/mol. The fraction of sp³-hybridized carbons (Fsp3) is 0.909. The first-order valence-corrected chi connectivity index (χ1v) is 5.76. The Morgan fingerprint density at radius 2 is 2.13 bits per heavy atom. The lowest BCUT2D eigenvalue weighted by molar-refractivity contribution is -0.128. The number of hydrogen-bond acceptors (Lipinski definition) is 3. The van der Waals surface area contributed by atoms with E-state index in [0.717, 1.165) is 19.3 Å². The van der Waals surface area contributed by atoms with Gasteiger partial charge in [0.1, 0.15) is 6.61 Å². The zero-order valence-electron chi connectivity index (χ0n) is 9.66. The number of carbonyl (C=O) groups excluding carboxylic acids is 1. The average Bonchev–Trinajstić information content (AvgIpc) is 2.18. The van der Waals surface area contributed by atoms with E-state index in [0.29, 0.717) is 0 Å². The molecule has 4 nitrogen and oxygen atoms in total. The Labute approximate surface area is 91.5 Å². The maximum absolute atomic E-state index is 11.5. The van der Waals surface area contributed by atoms with E-state index in [1.807, 2.05) is 13.8 Å². The highest BCUT2D eigenvalue weighted by atomic mass is 16.5. The minimum Gasteiger partial charge on any atom is -0.369 e. The Morgan fingerprint density at radius 1 is 1.47 bits per heavy atom. The summed E-state index contributed by atoms with van der Waals surface area (Å²) >= 11 is 0. The normalized spacial score (nSPS) is 26.7. The molecule has 4 heteroatoms. The minimum absolute atomic E-state index is 0.0500. The van der Waals surface area contributed by atoms with Crippen molar-refractivity contribution in [3.05, 3.63) is 0 Å². The molecule has 1 amide bonds. The van der Waals surface area contributed by atoms with Gasteiger partial charge >= 0.3 is 0 Å². The topological polar surface area (TPSA) is 64.3 Å². The summed E-state index contributed by atoms with van der Waals surface area (Å²) in [5, 5.41) is 2.94. The third kappa shape index (κ3) is 4.62. The third-order valence-electron chi connectivity index (χ3n) is 2.71. The van der Waals surface area contributed by atoms with Gasteiger partial charge in [0, 0.05) is 12.1 Å². The van der Waals surface area contributed by atoms with Gasteiger partial charge in [-0.05, 0) is 26.7 Å². The van der Waals surface area contributed by atoms with Gasteiger partial charge in [0.05, 0.1) is 6.10 Å². The van der Waals surface area contributed by atoms with E-state index in [1.165, 1.54) is 6.42 Å². The van der Waals surface area contributed by atoms with Crippen LogP contribution in [0.3, 0.4) is 0 Å². The van der Waals surface area contributed by atoms with E-state index in [1.54, 1.807) is 0 Å². The molecular formula is C11H22N2O2. The van der Waals surface area contributed by atoms with Gasteiger partial charge in [-0.3, -0.25) is 4.79 Å². The Balaban J connectivity index is 2.24. The second kappa shape index (κ2) is 6.08. The smallest absolute Gasteiger partial charge is 0.246 e. The molecule has 0 radical (unpaired) electrons. The van der Waals surface area contributed by atoms with E-state index < -0.39 is 0 Å². The lowest BCUT2D eigenvalue weighted by Crippen LogP contribution is -2.50. The molecule has 1 rings (SSSR count). The summed E-state index contributed by atoms with van der Waals surface area (Å²) in [4.78, 5) is 11.5. The highest BCUT2D eigenvalue weighted by Crippen LogP contribution is 2.16. The van der Waals surface area contributed by atoms with Gasteiger partial charge in [-0.15, -0.1) is 0 Å². The zero-order valence-corrected chi connectivity index (χ0v) is 9.66. The molecule has 3 N–H and O–H groups in total. The second-order valence-electron chi connectivity index (χ2n) is 4.48. The van der Waals surface area contributed by atoms with E-state index in [4.69, 9.17) is 10.5 Å². The number of ether oxygens (including phenoxy) is 1. The largest absolute Gasteiger partial charge is 0.369 e. The van der Waals surface area contributed by atoms with Crippen molar-refractivity contribution in [2.24, 2.45) is 5.73 Å². The van der Waals surface area contributed by atoms with Gasteiger partial charge in [-0.2, -0.15) is 0 Å². The molecule has 2 atom stereocenters. The Morgan fingerprint density at radius 3 is 2.73 bits per heavy atom. The van der Waals surface area contributed by atoms with Crippen LogP contribution in [0.2, 0.25) is 0 Å². The van der Waals surface area contributed by atoms with Gasteiger partial charge in [0.2, 0.25) is 5.91 Å². The Bertz CT molecular complexity index is 207. The fourth-order valence-corrected chi connectivity index (χ4v) is 1.83. The van der Waals surface area contributed by atoms with Crippen LogP contribution < -0.4 is 11.1 Å². The summed E-state index contributed by atoms with van der Waals surface area (Å²) in [6, 6.07) is 0.253. The average molecular weight is 214 g/mol. The maximum atomic E-state index is 11.5. The monoisotopic (exact) mass is 214 g/mol. The molecule has 0 aliphatic heterocycles. The molecule has 0 saturated heterocycles. The van der Waals surface area contributed by atoms with Crippen LogP contribution in [0.1, 0.15) is 39.5 Å². The zero-order chi connectivity index (χ0) is 11.3.